The highest BCUT2D eigenvalue weighted by Gasteiger charge is 2.15. The molecule has 0 bridgehead atoms. The smallest absolute Gasteiger partial charge is 0.309 e. The second kappa shape index (κ2) is 51.6. The zero-order valence-electron chi connectivity index (χ0n) is 39.8. The average Bonchev–Trinajstić information content (AvgIpc) is 3.28. The van der Waals surface area contributed by atoms with Crippen molar-refractivity contribution in [2.45, 2.75) is 213 Å². The zero-order chi connectivity index (χ0) is 44.9. The summed E-state index contributed by atoms with van der Waals surface area (Å²) >= 11 is 0. The Kier molecular flexibility index (Phi) is 48.6. The highest BCUT2D eigenvalue weighted by molar-refractivity contribution is 5.71. The van der Waals surface area contributed by atoms with Gasteiger partial charge in [0, 0.05) is 6.42 Å². The van der Waals surface area contributed by atoms with Gasteiger partial charge in [0.1, 0.15) is 6.61 Å². The van der Waals surface area contributed by atoms with Gasteiger partial charge in [-0.3, -0.25) is 9.59 Å². The summed E-state index contributed by atoms with van der Waals surface area (Å²) < 4.78 is 10.6. The molecule has 0 rings (SSSR count). The van der Waals surface area contributed by atoms with E-state index in [9.17, 15) is 14.7 Å². The largest absolute Gasteiger partial charge is 0.461 e. The molecule has 5 nitrogen and oxygen atoms in total. The van der Waals surface area contributed by atoms with Crippen molar-refractivity contribution < 1.29 is 24.2 Å². The Labute approximate surface area is 382 Å². The van der Waals surface area contributed by atoms with Gasteiger partial charge in [0.15, 0.2) is 6.10 Å². The van der Waals surface area contributed by atoms with Crippen LogP contribution in [0.1, 0.15) is 206 Å². The number of ether oxygens (including phenoxy) is 2. The molecule has 0 aliphatic heterocycles. The van der Waals surface area contributed by atoms with E-state index in [2.05, 4.69) is 123 Å². The lowest BCUT2D eigenvalue weighted by molar-refractivity contribution is -0.161. The minimum atomic E-state index is -0.818. The first kappa shape index (κ1) is 58.3. The van der Waals surface area contributed by atoms with Gasteiger partial charge in [-0.2, -0.15) is 0 Å². The predicted molar refractivity (Wildman–Crippen MR) is 269 cm³/mol. The molecule has 1 atom stereocenters. The first-order chi connectivity index (χ1) is 30.6. The molecule has 0 aliphatic carbocycles. The molecule has 350 valence electrons. The van der Waals surface area contributed by atoms with Crippen LogP contribution in [0.3, 0.4) is 0 Å². The number of unbranched alkanes of at least 4 members (excludes halogenated alkanes) is 17. The normalized spacial score (nSPS) is 13.3. The van der Waals surface area contributed by atoms with Crippen molar-refractivity contribution in [3.8, 4) is 0 Å². The molecule has 0 amide bonds. The van der Waals surface area contributed by atoms with E-state index in [-0.39, 0.29) is 25.6 Å². The van der Waals surface area contributed by atoms with E-state index in [0.717, 1.165) is 83.5 Å². The van der Waals surface area contributed by atoms with Gasteiger partial charge in [0.2, 0.25) is 0 Å². The standard InChI is InChI=1S/C57H92O5/c1-3-5-7-9-11-13-15-17-19-20-21-22-23-24-25-26-27-28-29-30-31-32-33-34-35-36-38-40-42-44-46-48-50-52-57(60)62-55(53-58)54-61-56(59)51-49-47-45-43-41-39-37-18-16-14-12-10-8-6-4-2/h5-8,11-14,17-19,21-22,24-25,37,41,43,47,49,55,58H,3-4,9-10,15-16,20,23,26-36,38-40,42,44-46,48,50-54H2,1-2H3/b7-5-,8-6-,13-11-,14-12-,19-17-,22-21-,25-24-,37-18-,43-41-,49-47-. The van der Waals surface area contributed by atoms with Crippen LogP contribution in [-0.4, -0.2) is 36.4 Å². The van der Waals surface area contributed by atoms with Gasteiger partial charge in [-0.25, -0.2) is 0 Å². The first-order valence-electron chi connectivity index (χ1n) is 25.1. The number of rotatable bonds is 44. The molecule has 0 spiro atoms. The van der Waals surface area contributed by atoms with Crippen LogP contribution in [0.25, 0.3) is 0 Å². The highest BCUT2D eigenvalue weighted by Crippen LogP contribution is 2.15. The van der Waals surface area contributed by atoms with Crippen LogP contribution in [0.4, 0.5) is 0 Å². The molecule has 1 N–H and O–H groups in total. The number of hydrogen-bond donors (Lipinski definition) is 1. The molecule has 0 aromatic rings. The van der Waals surface area contributed by atoms with Gasteiger partial charge in [-0.1, -0.05) is 232 Å². The number of allylic oxidation sites excluding steroid dienone is 19. The summed E-state index contributed by atoms with van der Waals surface area (Å²) in [7, 11) is 0. The Morgan fingerprint density at radius 1 is 0.387 bits per heavy atom. The van der Waals surface area contributed by atoms with Crippen LogP contribution in [0.5, 0.6) is 0 Å². The summed E-state index contributed by atoms with van der Waals surface area (Å²) in [5, 5.41) is 9.59. The Morgan fingerprint density at radius 3 is 1.05 bits per heavy atom. The monoisotopic (exact) mass is 857 g/mol. The summed E-state index contributed by atoms with van der Waals surface area (Å²) in [6, 6.07) is 0. The SMILES string of the molecule is CC/C=C\C/C=C\C/C=C\C/C=C\C/C=C\CCCCCCCCCCCCCCCCCCCC(=O)OC(CO)COC(=O)C/C=C\C/C=C\C/C=C\C/C=C\C/C=C\CC. The van der Waals surface area contributed by atoms with E-state index < -0.39 is 12.1 Å². The van der Waals surface area contributed by atoms with E-state index in [0.29, 0.717) is 6.42 Å². The summed E-state index contributed by atoms with van der Waals surface area (Å²) in [6.07, 6.45) is 76.1. The average molecular weight is 857 g/mol. The molecule has 0 fully saturated rings. The lowest BCUT2D eigenvalue weighted by Gasteiger charge is -2.15. The molecule has 0 heterocycles. The van der Waals surface area contributed by atoms with Crippen molar-refractivity contribution in [2.24, 2.45) is 0 Å². The van der Waals surface area contributed by atoms with Crippen molar-refractivity contribution in [1.29, 1.82) is 0 Å². The number of aliphatic hydroxyl groups excluding tert-OH is 1. The first-order valence-corrected chi connectivity index (χ1v) is 25.1. The van der Waals surface area contributed by atoms with Crippen molar-refractivity contribution in [3.05, 3.63) is 122 Å². The predicted octanol–water partition coefficient (Wildman–Crippen LogP) is 16.7. The fourth-order valence-corrected chi connectivity index (χ4v) is 6.60. The molecule has 0 aromatic heterocycles. The van der Waals surface area contributed by atoms with Crippen LogP contribution in [0.15, 0.2) is 122 Å². The third-order valence-electron chi connectivity index (χ3n) is 10.3. The maximum absolute atomic E-state index is 12.2. The minimum absolute atomic E-state index is 0.125. The van der Waals surface area contributed by atoms with Gasteiger partial charge in [-0.05, 0) is 83.5 Å². The van der Waals surface area contributed by atoms with Crippen molar-refractivity contribution in [3.63, 3.8) is 0 Å². The highest BCUT2D eigenvalue weighted by atomic mass is 16.6. The van der Waals surface area contributed by atoms with Gasteiger partial charge >= 0.3 is 11.9 Å². The Morgan fingerprint density at radius 2 is 0.694 bits per heavy atom. The van der Waals surface area contributed by atoms with E-state index in [1.807, 2.05) is 6.08 Å². The van der Waals surface area contributed by atoms with Crippen LogP contribution < -0.4 is 0 Å². The second-order valence-electron chi connectivity index (χ2n) is 16.1. The Balaban J connectivity index is 3.55. The molecule has 1 unspecified atom stereocenters. The lowest BCUT2D eigenvalue weighted by Crippen LogP contribution is -2.28. The summed E-state index contributed by atoms with van der Waals surface area (Å²) in [5.74, 6) is -0.743. The van der Waals surface area contributed by atoms with Crippen LogP contribution in [-0.2, 0) is 19.1 Å². The molecule has 62 heavy (non-hydrogen) atoms. The molecule has 5 heteroatoms. The van der Waals surface area contributed by atoms with Crippen LogP contribution >= 0.6 is 0 Å². The van der Waals surface area contributed by atoms with Crippen molar-refractivity contribution in [2.75, 3.05) is 13.2 Å². The number of carbonyl (C=O) groups is 2. The number of carbonyl (C=O) groups excluding carboxylic acids is 2. The Hall–Kier alpha value is -3.70. The van der Waals surface area contributed by atoms with Crippen LogP contribution in [0.2, 0.25) is 0 Å². The Bertz CT molecular complexity index is 1290. The van der Waals surface area contributed by atoms with Gasteiger partial charge < -0.3 is 14.6 Å². The molecule has 0 saturated carbocycles. The lowest BCUT2D eigenvalue weighted by atomic mass is 10.0. The minimum Gasteiger partial charge on any atom is -0.461 e. The summed E-state index contributed by atoms with van der Waals surface area (Å²) in [6.45, 7) is 3.82. The fourth-order valence-electron chi connectivity index (χ4n) is 6.60. The van der Waals surface area contributed by atoms with Crippen molar-refractivity contribution in [1.82, 2.24) is 0 Å². The number of esters is 2. The second-order valence-corrected chi connectivity index (χ2v) is 16.1. The molecule has 0 saturated heterocycles. The van der Waals surface area contributed by atoms with Gasteiger partial charge in [0.25, 0.3) is 0 Å². The zero-order valence-corrected chi connectivity index (χ0v) is 39.8. The van der Waals surface area contributed by atoms with Crippen LogP contribution in [0, 0.1) is 0 Å². The summed E-state index contributed by atoms with van der Waals surface area (Å²) in [4.78, 5) is 24.3. The van der Waals surface area contributed by atoms with Gasteiger partial charge in [-0.15, -0.1) is 0 Å². The van der Waals surface area contributed by atoms with Crippen molar-refractivity contribution >= 4 is 11.9 Å². The van der Waals surface area contributed by atoms with E-state index in [4.69, 9.17) is 9.47 Å². The maximum Gasteiger partial charge on any atom is 0.309 e. The molecule has 0 aliphatic rings. The molecule has 0 radical (unpaired) electrons. The quantitative estimate of drug-likeness (QED) is 0.0375. The van der Waals surface area contributed by atoms with E-state index >= 15 is 0 Å². The summed E-state index contributed by atoms with van der Waals surface area (Å²) in [5.41, 5.74) is 0. The van der Waals surface area contributed by atoms with E-state index in [1.54, 1.807) is 6.08 Å². The van der Waals surface area contributed by atoms with Gasteiger partial charge in [0.05, 0.1) is 13.0 Å². The molecule has 0 aromatic carbocycles. The number of aliphatic hydroxyl groups is 1. The molecular weight excluding hydrogens is 765 g/mol. The topological polar surface area (TPSA) is 72.8 Å². The van der Waals surface area contributed by atoms with E-state index in [1.165, 1.54) is 96.3 Å². The number of hydrogen-bond acceptors (Lipinski definition) is 5. The third kappa shape index (κ3) is 49.0. The molecular formula is C57H92O5. The fraction of sp³-hybridized carbons (Fsp3) is 0.614. The maximum atomic E-state index is 12.2. The third-order valence-corrected chi connectivity index (χ3v) is 10.3.